The van der Waals surface area contributed by atoms with Gasteiger partial charge in [-0.3, -0.25) is 9.59 Å². The number of hydrogen-bond acceptors (Lipinski definition) is 5. The lowest BCUT2D eigenvalue weighted by Crippen LogP contribution is -2.41. The van der Waals surface area contributed by atoms with E-state index < -0.39 is 29.5 Å². The molecule has 1 aromatic heterocycles. The van der Waals surface area contributed by atoms with Gasteiger partial charge in [-0.1, -0.05) is 17.7 Å². The van der Waals surface area contributed by atoms with Crippen LogP contribution in [0.5, 0.6) is 0 Å². The molecule has 1 aromatic rings. The highest BCUT2D eigenvalue weighted by Crippen LogP contribution is 2.48. The molecule has 4 rings (SSSR count). The normalized spacial score (nSPS) is 32.7. The van der Waals surface area contributed by atoms with Gasteiger partial charge in [0.25, 0.3) is 0 Å². The van der Waals surface area contributed by atoms with Gasteiger partial charge in [-0.05, 0) is 30.9 Å². The van der Waals surface area contributed by atoms with Gasteiger partial charge in [-0.15, -0.1) is 0 Å². The maximum Gasteiger partial charge on any atom is 0.233 e. The smallest absolute Gasteiger partial charge is 0.233 e. The summed E-state index contributed by atoms with van der Waals surface area (Å²) in [6.45, 7) is 1.60. The van der Waals surface area contributed by atoms with E-state index in [0.29, 0.717) is 29.7 Å². The fourth-order valence-corrected chi connectivity index (χ4v) is 4.24. The van der Waals surface area contributed by atoms with E-state index in [1.54, 1.807) is 6.92 Å². The van der Waals surface area contributed by atoms with Crippen LogP contribution in [0.15, 0.2) is 34.0 Å². The van der Waals surface area contributed by atoms with Crippen molar-refractivity contribution in [2.24, 2.45) is 11.8 Å². The molecule has 0 saturated heterocycles. The van der Waals surface area contributed by atoms with Gasteiger partial charge in [0.15, 0.2) is 0 Å². The van der Waals surface area contributed by atoms with Gasteiger partial charge in [0, 0.05) is 5.92 Å². The highest BCUT2D eigenvalue weighted by atomic mass is 16.3. The number of aliphatic hydroxyl groups excluding tert-OH is 2. The van der Waals surface area contributed by atoms with E-state index >= 15 is 0 Å². The maximum absolute atomic E-state index is 12.7. The van der Waals surface area contributed by atoms with Crippen molar-refractivity contribution in [2.45, 2.75) is 31.8 Å². The third-order valence-electron chi connectivity index (χ3n) is 5.40. The standard InChI is InChI=1S/C18H18O5/c1-8-7-23-18-11-3-2-9-10(4-5-13(20)12(9)6-19)15(11)17(22)16(21)14(8)18/h2-3,7,11-13,15,19-20H,4-6H2,1H3. The van der Waals surface area contributed by atoms with Gasteiger partial charge in [0.05, 0.1) is 36.4 Å². The van der Waals surface area contributed by atoms with Gasteiger partial charge in [0.1, 0.15) is 5.76 Å². The van der Waals surface area contributed by atoms with Crippen LogP contribution in [-0.2, 0) is 4.79 Å². The van der Waals surface area contributed by atoms with E-state index in [0.717, 1.165) is 11.1 Å². The fourth-order valence-electron chi connectivity index (χ4n) is 4.24. The van der Waals surface area contributed by atoms with Crippen molar-refractivity contribution in [3.8, 4) is 0 Å². The number of allylic oxidation sites excluding steroid dienone is 3. The molecule has 0 aliphatic heterocycles. The lowest BCUT2D eigenvalue weighted by atomic mass is 9.64. The van der Waals surface area contributed by atoms with E-state index in [-0.39, 0.29) is 12.5 Å². The third kappa shape index (κ3) is 1.87. The van der Waals surface area contributed by atoms with Crippen molar-refractivity contribution in [2.75, 3.05) is 6.61 Å². The van der Waals surface area contributed by atoms with E-state index in [2.05, 4.69) is 0 Å². The number of carbonyl (C=O) groups excluding carboxylic acids is 2. The first-order chi connectivity index (χ1) is 11.0. The Bertz CT molecular complexity index is 766. The summed E-state index contributed by atoms with van der Waals surface area (Å²) in [4.78, 5) is 25.2. The summed E-state index contributed by atoms with van der Waals surface area (Å²) in [5, 5.41) is 19.7. The second-order valence-corrected chi connectivity index (χ2v) is 6.59. The molecule has 3 aliphatic rings. The Morgan fingerprint density at radius 2 is 2.13 bits per heavy atom. The molecular formula is C18H18O5. The van der Waals surface area contributed by atoms with Crippen molar-refractivity contribution in [3.63, 3.8) is 0 Å². The minimum atomic E-state index is -0.615. The van der Waals surface area contributed by atoms with Crippen LogP contribution in [-0.4, -0.2) is 34.5 Å². The molecule has 0 aromatic carbocycles. The number of aliphatic hydroxyl groups is 2. The summed E-state index contributed by atoms with van der Waals surface area (Å²) in [6, 6.07) is 0. The highest BCUT2D eigenvalue weighted by Gasteiger charge is 2.48. The van der Waals surface area contributed by atoms with Crippen LogP contribution in [0.25, 0.3) is 0 Å². The molecule has 0 bridgehead atoms. The third-order valence-corrected chi connectivity index (χ3v) is 5.40. The molecular weight excluding hydrogens is 296 g/mol. The summed E-state index contributed by atoms with van der Waals surface area (Å²) >= 11 is 0. The molecule has 3 aliphatic carbocycles. The second kappa shape index (κ2) is 5.01. The number of ketones is 2. The molecule has 4 atom stereocenters. The van der Waals surface area contributed by atoms with E-state index in [4.69, 9.17) is 4.42 Å². The van der Waals surface area contributed by atoms with Gasteiger partial charge < -0.3 is 14.6 Å². The number of rotatable bonds is 1. The highest BCUT2D eigenvalue weighted by molar-refractivity contribution is 6.46. The minimum Gasteiger partial charge on any atom is -0.468 e. The average Bonchev–Trinajstić information content (AvgIpc) is 2.93. The molecule has 5 nitrogen and oxygen atoms in total. The van der Waals surface area contributed by atoms with Crippen LogP contribution >= 0.6 is 0 Å². The largest absolute Gasteiger partial charge is 0.468 e. The van der Waals surface area contributed by atoms with E-state index in [9.17, 15) is 19.8 Å². The van der Waals surface area contributed by atoms with Gasteiger partial charge in [-0.25, -0.2) is 0 Å². The molecule has 2 N–H and O–H groups in total. The zero-order valence-corrected chi connectivity index (χ0v) is 12.8. The zero-order chi connectivity index (χ0) is 16.3. The molecule has 23 heavy (non-hydrogen) atoms. The van der Waals surface area contributed by atoms with E-state index in [1.165, 1.54) is 6.26 Å². The number of fused-ring (bicyclic) bond motifs is 4. The molecule has 1 heterocycles. The van der Waals surface area contributed by atoms with E-state index in [1.807, 2.05) is 12.2 Å². The Morgan fingerprint density at radius 1 is 1.35 bits per heavy atom. The summed E-state index contributed by atoms with van der Waals surface area (Å²) < 4.78 is 5.58. The van der Waals surface area contributed by atoms with Gasteiger partial charge >= 0.3 is 0 Å². The summed E-state index contributed by atoms with van der Waals surface area (Å²) in [6.07, 6.45) is 5.72. The SMILES string of the molecule is Cc1coc2c1C(=O)C(=O)C1C3=C(C=CC21)C(CO)C(O)CC3. The Morgan fingerprint density at radius 3 is 2.87 bits per heavy atom. The summed E-state index contributed by atoms with van der Waals surface area (Å²) in [7, 11) is 0. The molecule has 5 heteroatoms. The average molecular weight is 314 g/mol. The van der Waals surface area contributed by atoms with Crippen molar-refractivity contribution in [1.29, 1.82) is 0 Å². The van der Waals surface area contributed by atoms with Crippen LogP contribution < -0.4 is 0 Å². The van der Waals surface area contributed by atoms with Crippen molar-refractivity contribution in [1.82, 2.24) is 0 Å². The van der Waals surface area contributed by atoms with Gasteiger partial charge in [-0.2, -0.15) is 0 Å². The molecule has 0 radical (unpaired) electrons. The monoisotopic (exact) mass is 314 g/mol. The lowest BCUT2D eigenvalue weighted by molar-refractivity contribution is -0.118. The predicted octanol–water partition coefficient (Wildman–Crippen LogP) is 1.68. The van der Waals surface area contributed by atoms with Crippen LogP contribution in [0.2, 0.25) is 0 Å². The van der Waals surface area contributed by atoms with Crippen LogP contribution in [0.1, 0.15) is 40.4 Å². The minimum absolute atomic E-state index is 0.172. The Kier molecular flexibility index (Phi) is 3.18. The van der Waals surface area contributed by atoms with Crippen molar-refractivity contribution < 1.29 is 24.2 Å². The fraction of sp³-hybridized carbons (Fsp3) is 0.444. The summed E-state index contributed by atoms with van der Waals surface area (Å²) in [5.74, 6) is -1.54. The number of carbonyl (C=O) groups is 2. The predicted molar refractivity (Wildman–Crippen MR) is 81.0 cm³/mol. The molecule has 120 valence electrons. The van der Waals surface area contributed by atoms with Crippen molar-refractivity contribution >= 4 is 11.6 Å². The first kappa shape index (κ1) is 14.6. The summed E-state index contributed by atoms with van der Waals surface area (Å²) in [5.41, 5.74) is 2.78. The topological polar surface area (TPSA) is 87.7 Å². The molecule has 0 saturated carbocycles. The molecule has 0 amide bonds. The lowest BCUT2D eigenvalue weighted by Gasteiger charge is -2.39. The van der Waals surface area contributed by atoms with Crippen LogP contribution in [0.4, 0.5) is 0 Å². The quantitative estimate of drug-likeness (QED) is 0.770. The first-order valence-electron chi connectivity index (χ1n) is 7.91. The Hall–Kier alpha value is -1.98. The van der Waals surface area contributed by atoms with Crippen LogP contribution in [0, 0.1) is 18.8 Å². The molecule has 4 unspecified atom stereocenters. The zero-order valence-electron chi connectivity index (χ0n) is 12.8. The first-order valence-corrected chi connectivity index (χ1v) is 7.91. The number of Topliss-reactive ketones (excluding diaryl/α,β-unsaturated/α-hetero) is 2. The number of aryl methyl sites for hydroxylation is 1. The number of furan rings is 1. The second-order valence-electron chi connectivity index (χ2n) is 6.59. The van der Waals surface area contributed by atoms with Crippen LogP contribution in [0.3, 0.4) is 0 Å². The molecule has 0 spiro atoms. The number of hydrogen-bond donors (Lipinski definition) is 2. The van der Waals surface area contributed by atoms with Gasteiger partial charge in [0.2, 0.25) is 11.6 Å². The molecule has 0 fully saturated rings. The Labute approximate surface area is 133 Å². The van der Waals surface area contributed by atoms with Crippen molar-refractivity contribution in [3.05, 3.63) is 46.4 Å². The maximum atomic E-state index is 12.7. The Balaban J connectivity index is 1.86.